The van der Waals surface area contributed by atoms with Crippen molar-refractivity contribution in [1.29, 1.82) is 0 Å². The van der Waals surface area contributed by atoms with Gasteiger partial charge in [-0.25, -0.2) is 0 Å². The molecule has 2 rings (SSSR count). The summed E-state index contributed by atoms with van der Waals surface area (Å²) >= 11 is 2.06. The minimum absolute atomic E-state index is 0.852. The van der Waals surface area contributed by atoms with Gasteiger partial charge in [0.05, 0.1) is 12.3 Å². The largest absolute Gasteiger partial charge is 0.464 e. The first-order chi connectivity index (χ1) is 7.88. The maximum atomic E-state index is 5.76. The molecule has 0 aliphatic heterocycles. The number of furan rings is 1. The van der Waals surface area contributed by atoms with Gasteiger partial charge >= 0.3 is 0 Å². The standard InChI is InChI=1S/C13H21NOS/c1-2-14-9-11-7-8-12(15-11)10-16-13-5-3-4-6-13/h7-8,13-14H,2-6,9-10H2,1H3. The van der Waals surface area contributed by atoms with Crippen molar-refractivity contribution in [1.82, 2.24) is 5.32 Å². The predicted molar refractivity (Wildman–Crippen MR) is 69.6 cm³/mol. The summed E-state index contributed by atoms with van der Waals surface area (Å²) in [5, 5.41) is 4.15. The van der Waals surface area contributed by atoms with Crippen LogP contribution in [0.1, 0.15) is 44.1 Å². The van der Waals surface area contributed by atoms with Gasteiger partial charge in [-0.1, -0.05) is 19.8 Å². The number of hydrogen-bond acceptors (Lipinski definition) is 3. The smallest absolute Gasteiger partial charge is 0.117 e. The lowest BCUT2D eigenvalue weighted by atomic mass is 10.4. The van der Waals surface area contributed by atoms with Crippen LogP contribution in [0.4, 0.5) is 0 Å². The molecule has 1 aliphatic rings. The summed E-state index contributed by atoms with van der Waals surface area (Å²) < 4.78 is 5.76. The molecule has 1 N–H and O–H groups in total. The van der Waals surface area contributed by atoms with Crippen molar-refractivity contribution < 1.29 is 4.42 Å². The Labute approximate surface area is 102 Å². The summed E-state index contributed by atoms with van der Waals surface area (Å²) in [7, 11) is 0. The number of rotatable bonds is 6. The van der Waals surface area contributed by atoms with E-state index in [9.17, 15) is 0 Å². The van der Waals surface area contributed by atoms with Crippen LogP contribution in [0.2, 0.25) is 0 Å². The second kappa shape index (κ2) is 6.36. The van der Waals surface area contributed by atoms with Crippen LogP contribution in [-0.4, -0.2) is 11.8 Å². The summed E-state index contributed by atoms with van der Waals surface area (Å²) in [4.78, 5) is 0. The highest BCUT2D eigenvalue weighted by atomic mass is 32.2. The first-order valence-corrected chi connectivity index (χ1v) is 7.33. The first kappa shape index (κ1) is 12.1. The minimum Gasteiger partial charge on any atom is -0.464 e. The van der Waals surface area contributed by atoms with Gasteiger partial charge in [-0.15, -0.1) is 0 Å². The highest BCUT2D eigenvalue weighted by Gasteiger charge is 2.15. The van der Waals surface area contributed by atoms with E-state index in [0.717, 1.165) is 35.6 Å². The average molecular weight is 239 g/mol. The minimum atomic E-state index is 0.852. The van der Waals surface area contributed by atoms with Crippen LogP contribution < -0.4 is 5.32 Å². The third-order valence-electron chi connectivity index (χ3n) is 3.03. The molecule has 16 heavy (non-hydrogen) atoms. The molecule has 1 heterocycles. The van der Waals surface area contributed by atoms with Crippen molar-refractivity contribution in [2.45, 2.75) is 50.2 Å². The van der Waals surface area contributed by atoms with Crippen molar-refractivity contribution in [3.8, 4) is 0 Å². The van der Waals surface area contributed by atoms with Gasteiger partial charge in [-0.05, 0) is 31.5 Å². The molecule has 1 saturated carbocycles. The number of hydrogen-bond donors (Lipinski definition) is 1. The molecular formula is C13H21NOS. The summed E-state index contributed by atoms with van der Waals surface area (Å²) in [5.74, 6) is 3.23. The van der Waals surface area contributed by atoms with Crippen molar-refractivity contribution >= 4 is 11.8 Å². The van der Waals surface area contributed by atoms with Crippen LogP contribution in [0.5, 0.6) is 0 Å². The molecule has 1 aromatic heterocycles. The molecule has 3 heteroatoms. The maximum absolute atomic E-state index is 5.76. The topological polar surface area (TPSA) is 25.2 Å². The van der Waals surface area contributed by atoms with Gasteiger partial charge in [0.2, 0.25) is 0 Å². The lowest BCUT2D eigenvalue weighted by molar-refractivity contribution is 0.462. The van der Waals surface area contributed by atoms with Crippen LogP contribution in [0, 0.1) is 0 Å². The summed E-state index contributed by atoms with van der Waals surface area (Å²) in [6.45, 7) is 3.96. The monoisotopic (exact) mass is 239 g/mol. The van der Waals surface area contributed by atoms with Crippen LogP contribution in [0.15, 0.2) is 16.5 Å². The molecule has 1 aliphatic carbocycles. The van der Waals surface area contributed by atoms with Crippen molar-refractivity contribution in [2.75, 3.05) is 6.54 Å². The van der Waals surface area contributed by atoms with Crippen molar-refractivity contribution in [3.63, 3.8) is 0 Å². The normalized spacial score (nSPS) is 17.1. The summed E-state index contributed by atoms with van der Waals surface area (Å²) in [6, 6.07) is 4.21. The molecule has 90 valence electrons. The summed E-state index contributed by atoms with van der Waals surface area (Å²) in [5.41, 5.74) is 0. The van der Waals surface area contributed by atoms with Crippen LogP contribution >= 0.6 is 11.8 Å². The molecule has 0 radical (unpaired) electrons. The van der Waals surface area contributed by atoms with E-state index in [2.05, 4.69) is 36.1 Å². The Morgan fingerprint density at radius 2 is 2.06 bits per heavy atom. The van der Waals surface area contributed by atoms with Crippen LogP contribution in [0.3, 0.4) is 0 Å². The van der Waals surface area contributed by atoms with Crippen LogP contribution in [-0.2, 0) is 12.3 Å². The highest BCUT2D eigenvalue weighted by molar-refractivity contribution is 7.99. The molecule has 0 bridgehead atoms. The Kier molecular flexibility index (Phi) is 4.79. The Morgan fingerprint density at radius 3 is 2.81 bits per heavy atom. The maximum Gasteiger partial charge on any atom is 0.117 e. The van der Waals surface area contributed by atoms with Gasteiger partial charge in [-0.2, -0.15) is 11.8 Å². The fourth-order valence-corrected chi connectivity index (χ4v) is 3.32. The molecule has 0 atom stereocenters. The third kappa shape index (κ3) is 3.56. The van der Waals surface area contributed by atoms with Crippen LogP contribution in [0.25, 0.3) is 0 Å². The molecule has 1 fully saturated rings. The Bertz CT molecular complexity index is 305. The number of thioether (sulfide) groups is 1. The predicted octanol–water partition coefficient (Wildman–Crippen LogP) is 3.56. The van der Waals surface area contributed by atoms with Crippen molar-refractivity contribution in [2.24, 2.45) is 0 Å². The molecular weight excluding hydrogens is 218 g/mol. The Hall–Kier alpha value is -0.410. The van der Waals surface area contributed by atoms with E-state index in [1.54, 1.807) is 0 Å². The molecule has 1 aromatic rings. The van der Waals surface area contributed by atoms with E-state index in [0.29, 0.717) is 0 Å². The Morgan fingerprint density at radius 1 is 1.31 bits per heavy atom. The number of nitrogens with one attached hydrogen (secondary N) is 1. The zero-order valence-electron chi connectivity index (χ0n) is 10.00. The van der Waals surface area contributed by atoms with E-state index < -0.39 is 0 Å². The molecule has 0 amide bonds. The molecule has 0 aromatic carbocycles. The summed E-state index contributed by atoms with van der Waals surface area (Å²) in [6.07, 6.45) is 5.63. The van der Waals surface area contributed by atoms with Gasteiger partial charge in [0.1, 0.15) is 11.5 Å². The zero-order chi connectivity index (χ0) is 11.2. The molecule has 2 nitrogen and oxygen atoms in total. The van der Waals surface area contributed by atoms with Crippen molar-refractivity contribution in [3.05, 3.63) is 23.7 Å². The van der Waals surface area contributed by atoms with Gasteiger partial charge in [0.25, 0.3) is 0 Å². The van der Waals surface area contributed by atoms with E-state index in [-0.39, 0.29) is 0 Å². The molecule has 0 saturated heterocycles. The van der Waals surface area contributed by atoms with E-state index in [1.165, 1.54) is 25.7 Å². The van der Waals surface area contributed by atoms with Gasteiger partial charge in [-0.3, -0.25) is 0 Å². The Balaban J connectivity index is 1.73. The van der Waals surface area contributed by atoms with E-state index >= 15 is 0 Å². The fraction of sp³-hybridized carbons (Fsp3) is 0.692. The highest BCUT2D eigenvalue weighted by Crippen LogP contribution is 2.31. The average Bonchev–Trinajstić information content (AvgIpc) is 2.95. The zero-order valence-corrected chi connectivity index (χ0v) is 10.8. The fourth-order valence-electron chi connectivity index (χ4n) is 2.10. The molecule has 0 spiro atoms. The van der Waals surface area contributed by atoms with Gasteiger partial charge in [0.15, 0.2) is 0 Å². The van der Waals surface area contributed by atoms with Gasteiger partial charge in [0, 0.05) is 5.25 Å². The SMILES string of the molecule is CCNCc1ccc(CSC2CCCC2)o1. The quantitative estimate of drug-likeness (QED) is 0.821. The molecule has 0 unspecified atom stereocenters. The first-order valence-electron chi connectivity index (χ1n) is 6.28. The second-order valence-corrected chi connectivity index (χ2v) is 5.65. The van der Waals surface area contributed by atoms with E-state index in [4.69, 9.17) is 4.42 Å². The lowest BCUT2D eigenvalue weighted by Crippen LogP contribution is -2.10. The second-order valence-electron chi connectivity index (χ2n) is 4.37. The third-order valence-corrected chi connectivity index (χ3v) is 4.42. The van der Waals surface area contributed by atoms with Gasteiger partial charge < -0.3 is 9.73 Å². The van der Waals surface area contributed by atoms with E-state index in [1.807, 2.05) is 0 Å². The lowest BCUT2D eigenvalue weighted by Gasteiger charge is -2.06.